The monoisotopic (exact) mass is 377 g/mol. The lowest BCUT2D eigenvalue weighted by Crippen LogP contribution is -2.54. The van der Waals surface area contributed by atoms with E-state index in [1.165, 1.54) is 4.90 Å². The van der Waals surface area contributed by atoms with Crippen molar-refractivity contribution >= 4 is 23.2 Å². The van der Waals surface area contributed by atoms with Gasteiger partial charge in [0.25, 0.3) is 5.91 Å². The van der Waals surface area contributed by atoms with Gasteiger partial charge in [0.1, 0.15) is 11.8 Å². The molecule has 2 unspecified atom stereocenters. The Balaban J connectivity index is 1.44. The van der Waals surface area contributed by atoms with Gasteiger partial charge in [0.2, 0.25) is 5.91 Å². The van der Waals surface area contributed by atoms with Crippen molar-refractivity contribution in [1.29, 1.82) is 0 Å². The predicted molar refractivity (Wildman–Crippen MR) is 107 cm³/mol. The Morgan fingerprint density at radius 1 is 1.11 bits per heavy atom. The third kappa shape index (κ3) is 3.50. The van der Waals surface area contributed by atoms with Crippen molar-refractivity contribution in [3.05, 3.63) is 66.2 Å². The molecule has 1 fully saturated rings. The van der Waals surface area contributed by atoms with Crippen LogP contribution in [0.5, 0.6) is 0 Å². The van der Waals surface area contributed by atoms with Crippen LogP contribution in [0.1, 0.15) is 30.9 Å². The van der Waals surface area contributed by atoms with Crippen LogP contribution in [-0.2, 0) is 14.4 Å². The largest absolute Gasteiger partial charge is 0.387 e. The van der Waals surface area contributed by atoms with Gasteiger partial charge in [0, 0.05) is 25.7 Å². The van der Waals surface area contributed by atoms with Gasteiger partial charge in [0.15, 0.2) is 6.10 Å². The van der Waals surface area contributed by atoms with Gasteiger partial charge in [-0.05, 0) is 30.5 Å². The van der Waals surface area contributed by atoms with Gasteiger partial charge in [-0.15, -0.1) is 0 Å². The molecule has 28 heavy (non-hydrogen) atoms. The van der Waals surface area contributed by atoms with E-state index in [1.807, 2.05) is 60.7 Å². The van der Waals surface area contributed by atoms with Gasteiger partial charge in [-0.3, -0.25) is 9.59 Å². The summed E-state index contributed by atoms with van der Waals surface area (Å²) in [4.78, 5) is 34.7. The standard InChI is InChI=1S/C22H23N3O3/c1-24(19-13-8-14-25(22(19)27)17-11-6-3-7-12-17)21(26)18-15-20(28-23-18)16-9-4-2-5-10-16/h2-7,9-12,19-20H,8,13-15H2,1H3. The van der Waals surface area contributed by atoms with Crippen molar-refractivity contribution < 1.29 is 14.4 Å². The lowest BCUT2D eigenvalue weighted by Gasteiger charge is -2.36. The average molecular weight is 377 g/mol. The van der Waals surface area contributed by atoms with Crippen molar-refractivity contribution in [2.75, 3.05) is 18.5 Å². The third-order valence-electron chi connectivity index (χ3n) is 5.35. The maximum Gasteiger partial charge on any atom is 0.272 e. The van der Waals surface area contributed by atoms with E-state index in [2.05, 4.69) is 5.16 Å². The molecule has 2 aliphatic heterocycles. The Morgan fingerprint density at radius 3 is 2.50 bits per heavy atom. The fourth-order valence-corrected chi connectivity index (χ4v) is 3.78. The van der Waals surface area contributed by atoms with E-state index < -0.39 is 6.04 Å². The lowest BCUT2D eigenvalue weighted by molar-refractivity contribution is -0.134. The number of hydrogen-bond acceptors (Lipinski definition) is 4. The fourth-order valence-electron chi connectivity index (χ4n) is 3.78. The molecule has 2 aliphatic rings. The zero-order chi connectivity index (χ0) is 19.5. The highest BCUT2D eigenvalue weighted by molar-refractivity contribution is 6.39. The van der Waals surface area contributed by atoms with Crippen LogP contribution in [0.15, 0.2) is 65.8 Å². The fraction of sp³-hybridized carbons (Fsp3) is 0.318. The number of amides is 2. The normalized spacial score (nSPS) is 21.8. The van der Waals surface area contributed by atoms with Crippen LogP contribution in [0.3, 0.4) is 0 Å². The highest BCUT2D eigenvalue weighted by Crippen LogP contribution is 2.29. The molecule has 2 atom stereocenters. The molecule has 144 valence electrons. The third-order valence-corrected chi connectivity index (χ3v) is 5.35. The van der Waals surface area contributed by atoms with Crippen LogP contribution in [-0.4, -0.2) is 42.1 Å². The summed E-state index contributed by atoms with van der Waals surface area (Å²) in [5, 5.41) is 4.01. The van der Waals surface area contributed by atoms with Gasteiger partial charge in [-0.25, -0.2) is 0 Å². The Bertz CT molecular complexity index is 882. The lowest BCUT2D eigenvalue weighted by atomic mass is 10.0. The van der Waals surface area contributed by atoms with Gasteiger partial charge in [-0.1, -0.05) is 53.7 Å². The van der Waals surface area contributed by atoms with Crippen LogP contribution < -0.4 is 4.90 Å². The first-order chi connectivity index (χ1) is 13.6. The smallest absolute Gasteiger partial charge is 0.272 e. The Labute approximate surface area is 164 Å². The first-order valence-electron chi connectivity index (χ1n) is 9.56. The van der Waals surface area contributed by atoms with Gasteiger partial charge in [0.05, 0.1) is 0 Å². The molecule has 2 aromatic rings. The van der Waals surface area contributed by atoms with E-state index in [9.17, 15) is 9.59 Å². The Morgan fingerprint density at radius 2 is 1.79 bits per heavy atom. The van der Waals surface area contributed by atoms with Gasteiger partial charge >= 0.3 is 0 Å². The molecule has 2 aromatic carbocycles. The molecule has 0 aromatic heterocycles. The summed E-state index contributed by atoms with van der Waals surface area (Å²) in [6, 6.07) is 18.8. The number of rotatable bonds is 4. The van der Waals surface area contributed by atoms with Gasteiger partial charge in [-0.2, -0.15) is 0 Å². The van der Waals surface area contributed by atoms with Crippen LogP contribution >= 0.6 is 0 Å². The SMILES string of the molecule is CN(C(=O)C1=NOC(c2ccccc2)C1)C1CCCN(c2ccccc2)C1=O. The molecular weight excluding hydrogens is 354 g/mol. The summed E-state index contributed by atoms with van der Waals surface area (Å²) >= 11 is 0. The molecule has 2 amide bonds. The van der Waals surface area contributed by atoms with E-state index in [0.29, 0.717) is 25.1 Å². The number of likely N-dealkylation sites (N-methyl/N-ethyl adjacent to an activating group) is 1. The second-order valence-electron chi connectivity index (χ2n) is 7.15. The number of oxime groups is 1. The predicted octanol–water partition coefficient (Wildman–Crippen LogP) is 3.16. The summed E-state index contributed by atoms with van der Waals surface area (Å²) < 4.78 is 0. The zero-order valence-corrected chi connectivity index (χ0v) is 15.8. The maximum absolute atomic E-state index is 13.0. The van der Waals surface area contributed by atoms with E-state index in [4.69, 9.17) is 4.84 Å². The molecule has 0 radical (unpaired) electrons. The van der Waals surface area contributed by atoms with Crippen molar-refractivity contribution in [2.24, 2.45) is 5.16 Å². The van der Waals surface area contributed by atoms with Crippen LogP contribution in [0.4, 0.5) is 5.69 Å². The van der Waals surface area contributed by atoms with Crippen molar-refractivity contribution in [3.63, 3.8) is 0 Å². The molecule has 0 aliphatic carbocycles. The summed E-state index contributed by atoms with van der Waals surface area (Å²) in [7, 11) is 1.68. The Kier molecular flexibility index (Phi) is 5.10. The molecule has 1 saturated heterocycles. The minimum Gasteiger partial charge on any atom is -0.387 e. The van der Waals surface area contributed by atoms with Crippen LogP contribution in [0.2, 0.25) is 0 Å². The number of para-hydroxylation sites is 1. The number of carbonyl (C=O) groups excluding carboxylic acids is 2. The average Bonchev–Trinajstić information content (AvgIpc) is 3.24. The van der Waals surface area contributed by atoms with Gasteiger partial charge < -0.3 is 14.6 Å². The van der Waals surface area contributed by atoms with Crippen molar-refractivity contribution in [1.82, 2.24) is 4.90 Å². The number of benzene rings is 2. The van der Waals surface area contributed by atoms with E-state index in [0.717, 1.165) is 17.7 Å². The van der Waals surface area contributed by atoms with Crippen LogP contribution in [0, 0.1) is 0 Å². The van der Waals surface area contributed by atoms with Crippen molar-refractivity contribution in [3.8, 4) is 0 Å². The summed E-state index contributed by atoms with van der Waals surface area (Å²) in [5.74, 6) is -0.292. The summed E-state index contributed by atoms with van der Waals surface area (Å²) in [6.45, 7) is 0.668. The minimum absolute atomic E-state index is 0.0487. The number of nitrogens with zero attached hydrogens (tertiary/aromatic N) is 3. The molecule has 0 N–H and O–H groups in total. The Hall–Kier alpha value is -3.15. The maximum atomic E-state index is 13.0. The summed E-state index contributed by atoms with van der Waals surface area (Å²) in [6.07, 6.45) is 1.66. The quantitative estimate of drug-likeness (QED) is 0.822. The first-order valence-corrected chi connectivity index (χ1v) is 9.56. The minimum atomic E-state index is -0.486. The van der Waals surface area contributed by atoms with Crippen molar-refractivity contribution in [2.45, 2.75) is 31.4 Å². The topological polar surface area (TPSA) is 62.2 Å². The highest BCUT2D eigenvalue weighted by Gasteiger charge is 2.37. The van der Waals surface area contributed by atoms with E-state index >= 15 is 0 Å². The molecule has 4 rings (SSSR count). The molecular formula is C22H23N3O3. The molecule has 6 heteroatoms. The molecule has 0 saturated carbocycles. The molecule has 6 nitrogen and oxygen atoms in total. The number of hydrogen-bond donors (Lipinski definition) is 0. The highest BCUT2D eigenvalue weighted by atomic mass is 16.6. The van der Waals surface area contributed by atoms with Crippen LogP contribution in [0.25, 0.3) is 0 Å². The second kappa shape index (κ2) is 7.84. The summed E-state index contributed by atoms with van der Waals surface area (Å²) in [5.41, 5.74) is 2.21. The molecule has 0 bridgehead atoms. The molecule has 2 heterocycles. The zero-order valence-electron chi connectivity index (χ0n) is 15.8. The number of carbonyl (C=O) groups is 2. The van der Waals surface area contributed by atoms with E-state index in [1.54, 1.807) is 11.9 Å². The number of piperidine rings is 1. The second-order valence-corrected chi connectivity index (χ2v) is 7.15. The number of anilines is 1. The molecule has 0 spiro atoms. The first kappa shape index (κ1) is 18.2. The van der Waals surface area contributed by atoms with E-state index in [-0.39, 0.29) is 17.9 Å².